The minimum absolute atomic E-state index is 0.0513. The minimum Gasteiger partial charge on any atom is -0.497 e. The fraction of sp³-hybridized carbons (Fsp3) is 0.115. The molecule has 9 heteroatoms. The number of nitrogens with zero attached hydrogens (tertiary/aromatic N) is 2. The van der Waals surface area contributed by atoms with Crippen LogP contribution in [0, 0.1) is 0 Å². The molecule has 0 radical (unpaired) electrons. The molecule has 178 valence electrons. The highest BCUT2D eigenvalue weighted by molar-refractivity contribution is 7.92. The van der Waals surface area contributed by atoms with E-state index in [9.17, 15) is 13.2 Å². The Bertz CT molecular complexity index is 1550. The molecule has 0 spiro atoms. The molecule has 0 bridgehead atoms. The van der Waals surface area contributed by atoms with Crippen LogP contribution in [-0.2, 0) is 10.0 Å². The third-order valence-electron chi connectivity index (χ3n) is 6.05. The maximum atomic E-state index is 14.2. The number of pyridine rings is 1. The highest BCUT2D eigenvalue weighted by Crippen LogP contribution is 2.49. The number of rotatable bonds is 5. The maximum Gasteiger partial charge on any atom is 0.266 e. The van der Waals surface area contributed by atoms with Crippen LogP contribution in [0.5, 0.6) is 5.75 Å². The zero-order valence-electron chi connectivity index (χ0n) is 18.5. The van der Waals surface area contributed by atoms with E-state index in [0.29, 0.717) is 21.4 Å². The van der Waals surface area contributed by atoms with Crippen molar-refractivity contribution >= 4 is 39.0 Å². The van der Waals surface area contributed by atoms with Gasteiger partial charge in [-0.15, -0.1) is 0 Å². The van der Waals surface area contributed by atoms with Crippen molar-refractivity contribution < 1.29 is 13.2 Å². The average Bonchev–Trinajstić information content (AvgIpc) is 3.22. The van der Waals surface area contributed by atoms with Gasteiger partial charge in [0.25, 0.3) is 15.6 Å². The van der Waals surface area contributed by atoms with Crippen molar-refractivity contribution in [3.8, 4) is 5.75 Å². The summed E-state index contributed by atoms with van der Waals surface area (Å²) in [6, 6.07) is 23.5. The van der Waals surface area contributed by atoms with Crippen molar-refractivity contribution in [2.75, 3.05) is 11.4 Å². The first-order valence-corrected chi connectivity index (χ1v) is 12.9. The SMILES string of the molecule is COc1cccc(S(=O)(=O)N2c3cccc(=O)n3[C@@H](c3ccc(Cl)cc3)[C@H]2c2ccc(Cl)cc2)c1. The molecule has 0 amide bonds. The van der Waals surface area contributed by atoms with Gasteiger partial charge >= 0.3 is 0 Å². The van der Waals surface area contributed by atoms with E-state index in [1.807, 2.05) is 0 Å². The van der Waals surface area contributed by atoms with Gasteiger partial charge in [0.2, 0.25) is 0 Å². The Morgan fingerprint density at radius 2 is 1.34 bits per heavy atom. The molecule has 1 aliphatic rings. The Balaban J connectivity index is 1.80. The second kappa shape index (κ2) is 9.07. The summed E-state index contributed by atoms with van der Waals surface area (Å²) in [4.78, 5) is 13.2. The Hall–Kier alpha value is -3.26. The molecule has 0 aliphatic carbocycles. The molecular weight excluding hydrogens is 507 g/mol. The van der Waals surface area contributed by atoms with Gasteiger partial charge in [-0.2, -0.15) is 0 Å². The normalized spacial score (nSPS) is 17.3. The Kier molecular flexibility index (Phi) is 6.09. The zero-order chi connectivity index (χ0) is 24.7. The number of aromatic nitrogens is 1. The molecule has 0 saturated heterocycles. The van der Waals surface area contributed by atoms with Crippen molar-refractivity contribution in [1.29, 1.82) is 0 Å². The number of hydrogen-bond donors (Lipinski definition) is 0. The lowest BCUT2D eigenvalue weighted by Crippen LogP contribution is -2.33. The van der Waals surface area contributed by atoms with E-state index in [1.165, 1.54) is 34.2 Å². The van der Waals surface area contributed by atoms with Gasteiger partial charge in [0.1, 0.15) is 11.6 Å². The van der Waals surface area contributed by atoms with Gasteiger partial charge in [0.15, 0.2) is 0 Å². The summed E-state index contributed by atoms with van der Waals surface area (Å²) in [5, 5.41) is 1.06. The average molecular weight is 527 g/mol. The third kappa shape index (κ3) is 4.10. The van der Waals surface area contributed by atoms with Crippen LogP contribution in [0.4, 0.5) is 5.82 Å². The Labute approximate surface area is 213 Å². The standard InChI is InChI=1S/C26H20Cl2N2O4S/c1-34-21-4-2-5-22(16-21)35(32,33)30-23-6-3-7-24(31)29(23)25(17-8-12-19(27)13-9-17)26(30)18-10-14-20(28)15-11-18/h2-16,25-26H,1H3/t25-,26+/m0/s1. The van der Waals surface area contributed by atoms with Gasteiger partial charge in [-0.05, 0) is 53.6 Å². The largest absolute Gasteiger partial charge is 0.497 e. The smallest absolute Gasteiger partial charge is 0.266 e. The van der Waals surface area contributed by atoms with E-state index in [1.54, 1.807) is 72.8 Å². The monoisotopic (exact) mass is 526 g/mol. The molecule has 5 rings (SSSR count). The molecule has 35 heavy (non-hydrogen) atoms. The number of hydrogen-bond acceptors (Lipinski definition) is 4. The topological polar surface area (TPSA) is 68.6 Å². The molecule has 0 saturated carbocycles. The molecule has 2 heterocycles. The van der Waals surface area contributed by atoms with Gasteiger partial charge in [0, 0.05) is 22.2 Å². The summed E-state index contributed by atoms with van der Waals surface area (Å²) in [7, 11) is -2.65. The van der Waals surface area contributed by atoms with E-state index in [2.05, 4.69) is 0 Å². The number of anilines is 1. The molecule has 0 fully saturated rings. The van der Waals surface area contributed by atoms with Gasteiger partial charge in [-0.25, -0.2) is 12.7 Å². The first-order chi connectivity index (χ1) is 16.8. The lowest BCUT2D eigenvalue weighted by molar-refractivity contribution is 0.413. The van der Waals surface area contributed by atoms with Crippen LogP contribution in [0.25, 0.3) is 0 Å². The van der Waals surface area contributed by atoms with Gasteiger partial charge in [-0.1, -0.05) is 59.6 Å². The van der Waals surface area contributed by atoms with Crippen molar-refractivity contribution in [2.24, 2.45) is 0 Å². The molecule has 1 aliphatic heterocycles. The number of methoxy groups -OCH3 is 1. The van der Waals surface area contributed by atoms with Gasteiger partial charge in [-0.3, -0.25) is 9.36 Å². The lowest BCUT2D eigenvalue weighted by atomic mass is 9.94. The number of sulfonamides is 1. The first-order valence-electron chi connectivity index (χ1n) is 10.7. The summed E-state index contributed by atoms with van der Waals surface area (Å²) in [5.74, 6) is 0.674. The Morgan fingerprint density at radius 3 is 1.94 bits per heavy atom. The minimum atomic E-state index is -4.12. The fourth-order valence-electron chi connectivity index (χ4n) is 4.48. The van der Waals surface area contributed by atoms with Crippen molar-refractivity contribution in [3.63, 3.8) is 0 Å². The van der Waals surface area contributed by atoms with Crippen LogP contribution in [0.2, 0.25) is 10.0 Å². The lowest BCUT2D eigenvalue weighted by Gasteiger charge is -2.29. The van der Waals surface area contributed by atoms with Crippen molar-refractivity contribution in [3.05, 3.63) is 123 Å². The molecule has 1 aromatic heterocycles. The van der Waals surface area contributed by atoms with E-state index in [-0.39, 0.29) is 16.3 Å². The van der Waals surface area contributed by atoms with E-state index in [4.69, 9.17) is 27.9 Å². The van der Waals surface area contributed by atoms with Gasteiger partial charge < -0.3 is 4.74 Å². The number of benzene rings is 3. The van der Waals surface area contributed by atoms with Crippen molar-refractivity contribution in [2.45, 2.75) is 17.0 Å². The maximum absolute atomic E-state index is 14.2. The summed E-state index contributed by atoms with van der Waals surface area (Å²) in [6.45, 7) is 0. The van der Waals surface area contributed by atoms with Crippen LogP contribution < -0.4 is 14.6 Å². The zero-order valence-corrected chi connectivity index (χ0v) is 20.8. The highest BCUT2D eigenvalue weighted by atomic mass is 35.5. The first kappa shape index (κ1) is 23.5. The number of fused-ring (bicyclic) bond motifs is 1. The van der Waals surface area contributed by atoms with Gasteiger partial charge in [0.05, 0.1) is 24.1 Å². The predicted octanol–water partition coefficient (Wildman–Crippen LogP) is 5.70. The van der Waals surface area contributed by atoms with E-state index in [0.717, 1.165) is 5.56 Å². The molecule has 3 aromatic carbocycles. The van der Waals surface area contributed by atoms with Crippen LogP contribution in [-0.4, -0.2) is 20.1 Å². The van der Waals surface area contributed by atoms with E-state index >= 15 is 0 Å². The summed E-state index contributed by atoms with van der Waals surface area (Å²) in [6.07, 6.45) is 0. The second-order valence-corrected chi connectivity index (χ2v) is 10.8. The highest BCUT2D eigenvalue weighted by Gasteiger charge is 2.47. The third-order valence-corrected chi connectivity index (χ3v) is 8.33. The Morgan fingerprint density at radius 1 is 0.771 bits per heavy atom. The summed E-state index contributed by atoms with van der Waals surface area (Å²) in [5.41, 5.74) is 1.11. The molecule has 2 atom stereocenters. The number of ether oxygens (including phenoxy) is 1. The van der Waals surface area contributed by atoms with Crippen LogP contribution in [0.1, 0.15) is 23.2 Å². The van der Waals surface area contributed by atoms with Crippen LogP contribution in [0.3, 0.4) is 0 Å². The molecular formula is C26H20Cl2N2O4S. The summed E-state index contributed by atoms with van der Waals surface area (Å²) >= 11 is 12.3. The fourth-order valence-corrected chi connectivity index (χ4v) is 6.40. The summed E-state index contributed by atoms with van der Waals surface area (Å²) < 4.78 is 36.4. The molecule has 0 N–H and O–H groups in total. The van der Waals surface area contributed by atoms with Crippen molar-refractivity contribution in [1.82, 2.24) is 4.57 Å². The number of halogens is 2. The van der Waals surface area contributed by atoms with Crippen LogP contribution in [0.15, 0.2) is 101 Å². The molecule has 4 aromatic rings. The second-order valence-electron chi connectivity index (χ2n) is 8.06. The van der Waals surface area contributed by atoms with Crippen LogP contribution >= 0.6 is 23.2 Å². The quantitative estimate of drug-likeness (QED) is 0.334. The molecule has 6 nitrogen and oxygen atoms in total. The van der Waals surface area contributed by atoms with E-state index < -0.39 is 22.1 Å². The predicted molar refractivity (Wildman–Crippen MR) is 137 cm³/mol. The molecule has 0 unspecified atom stereocenters.